The van der Waals surface area contributed by atoms with Crippen LogP contribution in [-0.4, -0.2) is 17.1 Å². The second-order valence-corrected chi connectivity index (χ2v) is 4.60. The van der Waals surface area contributed by atoms with E-state index in [1.165, 1.54) is 23.7 Å². The summed E-state index contributed by atoms with van der Waals surface area (Å²) in [6.07, 6.45) is 1.46. The van der Waals surface area contributed by atoms with Crippen LogP contribution in [0.25, 0.3) is 0 Å². The molecule has 0 aliphatic heterocycles. The van der Waals surface area contributed by atoms with E-state index in [0.29, 0.717) is 11.6 Å². The van der Waals surface area contributed by atoms with Crippen molar-refractivity contribution in [2.45, 2.75) is 16.8 Å². The summed E-state index contributed by atoms with van der Waals surface area (Å²) in [5, 5.41) is 0.731. The maximum Gasteiger partial charge on any atom is 0.195 e. The van der Waals surface area contributed by atoms with Crippen LogP contribution in [0, 0.1) is 6.92 Å². The lowest BCUT2D eigenvalue weighted by atomic mass is 10.2. The van der Waals surface area contributed by atoms with Gasteiger partial charge in [0.2, 0.25) is 0 Å². The van der Waals surface area contributed by atoms with Crippen LogP contribution in [0.2, 0.25) is 0 Å². The van der Waals surface area contributed by atoms with E-state index in [2.05, 4.69) is 28.4 Å². The second-order valence-electron chi connectivity index (χ2n) is 3.57. The molecule has 0 amide bonds. The van der Waals surface area contributed by atoms with Gasteiger partial charge in [0, 0.05) is 4.90 Å². The predicted molar refractivity (Wildman–Crippen MR) is 71.7 cm³/mol. The summed E-state index contributed by atoms with van der Waals surface area (Å²) in [6.45, 7) is 2.05. The van der Waals surface area contributed by atoms with Gasteiger partial charge in [0.25, 0.3) is 0 Å². The Balaban J connectivity index is 2.37. The van der Waals surface area contributed by atoms with Crippen LogP contribution < -0.4 is 16.0 Å². The van der Waals surface area contributed by atoms with Gasteiger partial charge in [0.15, 0.2) is 11.6 Å². The number of methoxy groups -OCH3 is 1. The van der Waals surface area contributed by atoms with Crippen LogP contribution in [0.4, 0.5) is 5.82 Å². The second kappa shape index (κ2) is 5.70. The number of hydrazine groups is 1. The van der Waals surface area contributed by atoms with Crippen molar-refractivity contribution in [3.63, 3.8) is 0 Å². The van der Waals surface area contributed by atoms with Gasteiger partial charge in [-0.25, -0.2) is 15.8 Å². The highest BCUT2D eigenvalue weighted by molar-refractivity contribution is 7.99. The molecule has 18 heavy (non-hydrogen) atoms. The van der Waals surface area contributed by atoms with Crippen LogP contribution in [0.1, 0.15) is 5.56 Å². The third kappa shape index (κ3) is 2.55. The summed E-state index contributed by atoms with van der Waals surface area (Å²) in [4.78, 5) is 9.36. The summed E-state index contributed by atoms with van der Waals surface area (Å²) >= 11 is 1.52. The Morgan fingerprint density at radius 2 is 2.06 bits per heavy atom. The standard InChI is InChI=1S/C12H14N4OS/c1-8-5-3-4-6-9(8)18-12-10(17-2)11(16-13)14-7-15-12/h3-7H,13H2,1-2H3,(H,14,15,16). The Bertz CT molecular complexity index is 547. The molecule has 0 unspecified atom stereocenters. The summed E-state index contributed by atoms with van der Waals surface area (Å²) in [6, 6.07) is 8.09. The molecule has 0 aliphatic rings. The summed E-state index contributed by atoms with van der Waals surface area (Å²) in [5.41, 5.74) is 3.68. The zero-order valence-corrected chi connectivity index (χ0v) is 11.0. The van der Waals surface area contributed by atoms with E-state index in [4.69, 9.17) is 10.6 Å². The zero-order valence-electron chi connectivity index (χ0n) is 10.2. The number of nitrogens with one attached hydrogen (secondary N) is 1. The van der Waals surface area contributed by atoms with E-state index in [9.17, 15) is 0 Å². The third-order valence-electron chi connectivity index (χ3n) is 2.41. The van der Waals surface area contributed by atoms with E-state index in [0.717, 1.165) is 9.92 Å². The summed E-state index contributed by atoms with van der Waals surface area (Å²) in [7, 11) is 1.57. The van der Waals surface area contributed by atoms with Crippen molar-refractivity contribution in [3.05, 3.63) is 36.2 Å². The molecule has 0 saturated carbocycles. The fourth-order valence-corrected chi connectivity index (χ4v) is 2.45. The molecule has 3 N–H and O–H groups in total. The lowest BCUT2D eigenvalue weighted by molar-refractivity contribution is 0.400. The monoisotopic (exact) mass is 262 g/mol. The third-order valence-corrected chi connectivity index (χ3v) is 3.57. The quantitative estimate of drug-likeness (QED) is 0.500. The minimum atomic E-state index is 0.476. The van der Waals surface area contributed by atoms with Crippen LogP contribution in [0.3, 0.4) is 0 Å². The first kappa shape index (κ1) is 12.7. The Hall–Kier alpha value is -1.79. The van der Waals surface area contributed by atoms with Gasteiger partial charge < -0.3 is 10.2 Å². The normalized spacial score (nSPS) is 10.2. The number of benzene rings is 1. The van der Waals surface area contributed by atoms with E-state index in [1.807, 2.05) is 18.2 Å². The minimum absolute atomic E-state index is 0.476. The van der Waals surface area contributed by atoms with Gasteiger partial charge in [-0.15, -0.1) is 0 Å². The average molecular weight is 262 g/mol. The number of nitrogens with zero attached hydrogens (tertiary/aromatic N) is 2. The Kier molecular flexibility index (Phi) is 4.01. The fourth-order valence-electron chi connectivity index (χ4n) is 1.49. The predicted octanol–water partition coefficient (Wildman–Crippen LogP) is 2.23. The molecule has 0 bridgehead atoms. The topological polar surface area (TPSA) is 73.1 Å². The molecule has 0 fully saturated rings. The molecule has 0 aliphatic carbocycles. The highest BCUT2D eigenvalue weighted by atomic mass is 32.2. The largest absolute Gasteiger partial charge is 0.490 e. The van der Waals surface area contributed by atoms with Gasteiger partial charge in [0.1, 0.15) is 11.4 Å². The van der Waals surface area contributed by atoms with Gasteiger partial charge in [0.05, 0.1) is 7.11 Å². The number of hydrogen-bond donors (Lipinski definition) is 2. The number of ether oxygens (including phenoxy) is 1. The molecule has 0 saturated heterocycles. The van der Waals surface area contributed by atoms with Gasteiger partial charge in [-0.1, -0.05) is 30.0 Å². The molecule has 94 valence electrons. The van der Waals surface area contributed by atoms with Crippen LogP contribution >= 0.6 is 11.8 Å². The number of aromatic nitrogens is 2. The first-order valence-electron chi connectivity index (χ1n) is 5.35. The van der Waals surface area contributed by atoms with Crippen molar-refractivity contribution in [1.82, 2.24) is 9.97 Å². The van der Waals surface area contributed by atoms with E-state index in [-0.39, 0.29) is 0 Å². The number of hydrogen-bond acceptors (Lipinski definition) is 6. The minimum Gasteiger partial charge on any atom is -0.490 e. The van der Waals surface area contributed by atoms with Crippen molar-refractivity contribution in [3.8, 4) is 5.75 Å². The van der Waals surface area contributed by atoms with Crippen molar-refractivity contribution in [2.24, 2.45) is 5.84 Å². The van der Waals surface area contributed by atoms with Gasteiger partial charge >= 0.3 is 0 Å². The summed E-state index contributed by atoms with van der Waals surface area (Å²) in [5.74, 6) is 6.41. The first-order valence-corrected chi connectivity index (χ1v) is 6.17. The van der Waals surface area contributed by atoms with Crippen molar-refractivity contribution in [2.75, 3.05) is 12.5 Å². The van der Waals surface area contributed by atoms with Crippen LogP contribution in [0.5, 0.6) is 5.75 Å². The number of nitrogen functional groups attached to an aromatic ring is 1. The molecule has 0 spiro atoms. The highest BCUT2D eigenvalue weighted by Crippen LogP contribution is 2.37. The SMILES string of the molecule is COc1c(NN)ncnc1Sc1ccccc1C. The van der Waals surface area contributed by atoms with E-state index >= 15 is 0 Å². The smallest absolute Gasteiger partial charge is 0.195 e. The van der Waals surface area contributed by atoms with Crippen LogP contribution in [-0.2, 0) is 0 Å². The van der Waals surface area contributed by atoms with Crippen molar-refractivity contribution < 1.29 is 4.74 Å². The Morgan fingerprint density at radius 3 is 2.72 bits per heavy atom. The lowest BCUT2D eigenvalue weighted by Crippen LogP contribution is -2.10. The number of anilines is 1. The molecule has 2 aromatic rings. The van der Waals surface area contributed by atoms with E-state index < -0.39 is 0 Å². The molecule has 5 nitrogen and oxygen atoms in total. The maximum absolute atomic E-state index is 5.39. The number of nitrogens with two attached hydrogens (primary N) is 1. The molecule has 6 heteroatoms. The molecular weight excluding hydrogens is 248 g/mol. The summed E-state index contributed by atoms with van der Waals surface area (Å²) < 4.78 is 5.29. The molecule has 1 aromatic carbocycles. The van der Waals surface area contributed by atoms with Crippen molar-refractivity contribution >= 4 is 17.6 Å². The van der Waals surface area contributed by atoms with Gasteiger partial charge in [-0.2, -0.15) is 0 Å². The Labute approximate surface area is 110 Å². The zero-order chi connectivity index (χ0) is 13.0. The highest BCUT2D eigenvalue weighted by Gasteiger charge is 2.13. The number of rotatable bonds is 4. The first-order chi connectivity index (χ1) is 8.76. The van der Waals surface area contributed by atoms with Crippen molar-refractivity contribution in [1.29, 1.82) is 0 Å². The van der Waals surface area contributed by atoms with Gasteiger partial charge in [-0.05, 0) is 18.6 Å². The molecule has 0 radical (unpaired) electrons. The Morgan fingerprint density at radius 1 is 1.28 bits per heavy atom. The fraction of sp³-hybridized carbons (Fsp3) is 0.167. The van der Waals surface area contributed by atoms with E-state index in [1.54, 1.807) is 7.11 Å². The van der Waals surface area contributed by atoms with Crippen LogP contribution in [0.15, 0.2) is 40.5 Å². The lowest BCUT2D eigenvalue weighted by Gasteiger charge is -2.11. The maximum atomic E-state index is 5.39. The molecule has 2 rings (SSSR count). The molecule has 1 aromatic heterocycles. The van der Waals surface area contributed by atoms with Gasteiger partial charge in [-0.3, -0.25) is 0 Å². The average Bonchev–Trinajstić information content (AvgIpc) is 2.41. The molecule has 1 heterocycles. The molecule has 0 atom stereocenters. The molecular formula is C12H14N4OS. The number of aryl methyl sites for hydroxylation is 1.